The van der Waals surface area contributed by atoms with Crippen molar-refractivity contribution in [1.29, 1.82) is 5.41 Å². The van der Waals surface area contributed by atoms with E-state index in [1.54, 1.807) is 24.3 Å². The number of nitrogen functional groups attached to an aromatic ring is 1. The van der Waals surface area contributed by atoms with Crippen LogP contribution in [0.2, 0.25) is 0 Å². The number of carboxylic acid groups (broad SMARTS) is 1. The van der Waals surface area contributed by atoms with Crippen molar-refractivity contribution in [3.05, 3.63) is 54.1 Å². The molecule has 2 amide bonds. The molecule has 1 unspecified atom stereocenters. The highest BCUT2D eigenvalue weighted by molar-refractivity contribution is 6.35. The SMILES string of the molecule is N=C(N)c1ccc(OCCCN2CCN(C(CC(=O)O)c3cncnc3)C(=O)C2=O)cc1. The number of piperazine rings is 1. The summed E-state index contributed by atoms with van der Waals surface area (Å²) < 4.78 is 5.63. The van der Waals surface area contributed by atoms with Gasteiger partial charge < -0.3 is 25.4 Å². The summed E-state index contributed by atoms with van der Waals surface area (Å²) in [7, 11) is 0. The molecule has 32 heavy (non-hydrogen) atoms. The van der Waals surface area contributed by atoms with Crippen LogP contribution in [0, 0.1) is 5.41 Å². The van der Waals surface area contributed by atoms with Gasteiger partial charge in [0.2, 0.25) is 0 Å². The number of amidine groups is 1. The molecule has 4 N–H and O–H groups in total. The topological polar surface area (TPSA) is 163 Å². The Bertz CT molecular complexity index is 982. The number of nitrogens with two attached hydrogens (primary N) is 1. The first-order valence-corrected chi connectivity index (χ1v) is 10.0. The monoisotopic (exact) mass is 440 g/mol. The Morgan fingerprint density at radius 1 is 1.16 bits per heavy atom. The molecule has 0 saturated carbocycles. The second kappa shape index (κ2) is 10.3. The van der Waals surface area contributed by atoms with Crippen LogP contribution in [0.3, 0.4) is 0 Å². The number of carboxylic acids is 1. The minimum atomic E-state index is -1.09. The Balaban J connectivity index is 1.53. The maximum absolute atomic E-state index is 12.7. The van der Waals surface area contributed by atoms with E-state index in [-0.39, 0.29) is 18.8 Å². The van der Waals surface area contributed by atoms with Gasteiger partial charge in [-0.15, -0.1) is 0 Å². The molecule has 2 heterocycles. The molecular formula is C21H24N6O5. The molecule has 1 aliphatic rings. The van der Waals surface area contributed by atoms with E-state index in [1.165, 1.54) is 28.5 Å². The van der Waals surface area contributed by atoms with Crippen LogP contribution in [0.15, 0.2) is 43.0 Å². The maximum atomic E-state index is 12.7. The van der Waals surface area contributed by atoms with Crippen LogP contribution in [0.5, 0.6) is 5.75 Å². The molecule has 1 atom stereocenters. The largest absolute Gasteiger partial charge is 0.494 e. The highest BCUT2D eigenvalue weighted by Gasteiger charge is 2.37. The van der Waals surface area contributed by atoms with Gasteiger partial charge >= 0.3 is 17.8 Å². The molecular weight excluding hydrogens is 416 g/mol. The Hall–Kier alpha value is -4.02. The van der Waals surface area contributed by atoms with Crippen LogP contribution in [-0.2, 0) is 14.4 Å². The molecule has 11 heteroatoms. The minimum Gasteiger partial charge on any atom is -0.494 e. The number of ether oxygens (including phenoxy) is 1. The maximum Gasteiger partial charge on any atom is 0.312 e. The molecule has 1 saturated heterocycles. The van der Waals surface area contributed by atoms with Crippen LogP contribution in [0.25, 0.3) is 0 Å². The number of carbonyl (C=O) groups excluding carboxylic acids is 2. The molecule has 1 fully saturated rings. The van der Waals surface area contributed by atoms with E-state index in [0.717, 1.165) is 0 Å². The molecule has 0 bridgehead atoms. The number of hydrogen-bond acceptors (Lipinski definition) is 7. The zero-order chi connectivity index (χ0) is 23.1. The quantitative estimate of drug-likeness (QED) is 0.207. The summed E-state index contributed by atoms with van der Waals surface area (Å²) in [6, 6.07) is 5.98. The molecule has 0 radical (unpaired) electrons. The highest BCUT2D eigenvalue weighted by Crippen LogP contribution is 2.25. The second-order valence-electron chi connectivity index (χ2n) is 7.22. The standard InChI is InChI=1S/C21H24N6O5/c22-19(23)14-2-4-16(5-3-14)32-9-1-6-26-7-8-27(21(31)20(26)30)17(10-18(28)29)15-11-24-13-25-12-15/h2-5,11-13,17H,1,6-10H2,(H3,22,23)(H,28,29). The fraction of sp³-hybridized carbons (Fsp3) is 0.333. The van der Waals surface area contributed by atoms with E-state index in [4.69, 9.17) is 15.9 Å². The summed E-state index contributed by atoms with van der Waals surface area (Å²) in [5, 5.41) is 16.6. The number of nitrogens with zero attached hydrogens (tertiary/aromatic N) is 4. The van der Waals surface area contributed by atoms with Crippen molar-refractivity contribution < 1.29 is 24.2 Å². The average Bonchev–Trinajstić information content (AvgIpc) is 2.79. The molecule has 0 aliphatic carbocycles. The van der Waals surface area contributed by atoms with Crippen molar-refractivity contribution in [3.8, 4) is 5.75 Å². The van der Waals surface area contributed by atoms with Crippen LogP contribution in [0.1, 0.15) is 30.0 Å². The fourth-order valence-electron chi connectivity index (χ4n) is 3.43. The summed E-state index contributed by atoms with van der Waals surface area (Å²) in [6.07, 6.45) is 4.38. The van der Waals surface area contributed by atoms with Gasteiger partial charge in [0.1, 0.15) is 17.9 Å². The predicted octanol–water partition coefficient (Wildman–Crippen LogP) is 0.416. The van der Waals surface area contributed by atoms with Gasteiger partial charge in [-0.1, -0.05) is 0 Å². The third-order valence-corrected chi connectivity index (χ3v) is 5.06. The molecule has 11 nitrogen and oxygen atoms in total. The van der Waals surface area contributed by atoms with Gasteiger partial charge in [0, 0.05) is 43.2 Å². The predicted molar refractivity (Wildman–Crippen MR) is 113 cm³/mol. The lowest BCUT2D eigenvalue weighted by Gasteiger charge is -2.38. The van der Waals surface area contributed by atoms with Crippen molar-refractivity contribution in [3.63, 3.8) is 0 Å². The summed E-state index contributed by atoms with van der Waals surface area (Å²) >= 11 is 0. The normalized spacial score (nSPS) is 14.9. The summed E-state index contributed by atoms with van der Waals surface area (Å²) in [4.78, 5) is 47.1. The molecule has 2 aromatic rings. The van der Waals surface area contributed by atoms with Gasteiger partial charge in [-0.2, -0.15) is 0 Å². The van der Waals surface area contributed by atoms with Gasteiger partial charge in [-0.05, 0) is 30.7 Å². The highest BCUT2D eigenvalue weighted by atomic mass is 16.5. The van der Waals surface area contributed by atoms with Crippen molar-refractivity contribution >= 4 is 23.6 Å². The third-order valence-electron chi connectivity index (χ3n) is 5.06. The number of aromatic nitrogens is 2. The van der Waals surface area contributed by atoms with Gasteiger partial charge in [0.25, 0.3) is 0 Å². The minimum absolute atomic E-state index is 0.0238. The van der Waals surface area contributed by atoms with Crippen molar-refractivity contribution in [2.75, 3.05) is 26.2 Å². The number of nitrogens with one attached hydrogen (secondary N) is 1. The number of hydrogen-bond donors (Lipinski definition) is 3. The van der Waals surface area contributed by atoms with E-state index < -0.39 is 23.8 Å². The first kappa shape index (κ1) is 22.7. The summed E-state index contributed by atoms with van der Waals surface area (Å²) in [5.41, 5.74) is 6.48. The molecule has 0 spiro atoms. The van der Waals surface area contributed by atoms with Gasteiger partial charge in [0.05, 0.1) is 19.1 Å². The van der Waals surface area contributed by atoms with Crippen molar-refractivity contribution in [1.82, 2.24) is 19.8 Å². The van der Waals surface area contributed by atoms with Crippen LogP contribution in [0.4, 0.5) is 0 Å². The number of benzene rings is 1. The Morgan fingerprint density at radius 3 is 2.47 bits per heavy atom. The molecule has 1 aromatic heterocycles. The number of aliphatic carboxylic acids is 1. The van der Waals surface area contributed by atoms with E-state index >= 15 is 0 Å². The Morgan fingerprint density at radius 2 is 1.84 bits per heavy atom. The summed E-state index contributed by atoms with van der Waals surface area (Å²) in [6.45, 7) is 1.18. The zero-order valence-electron chi connectivity index (χ0n) is 17.3. The van der Waals surface area contributed by atoms with Crippen LogP contribution >= 0.6 is 0 Å². The zero-order valence-corrected chi connectivity index (χ0v) is 17.3. The van der Waals surface area contributed by atoms with Crippen molar-refractivity contribution in [2.24, 2.45) is 5.73 Å². The van der Waals surface area contributed by atoms with Crippen molar-refractivity contribution in [2.45, 2.75) is 18.9 Å². The second-order valence-corrected chi connectivity index (χ2v) is 7.22. The molecule has 1 aliphatic heterocycles. The Kier molecular flexibility index (Phi) is 7.32. The van der Waals surface area contributed by atoms with E-state index in [9.17, 15) is 19.5 Å². The third kappa shape index (κ3) is 5.56. The van der Waals surface area contributed by atoms with E-state index in [0.29, 0.717) is 43.0 Å². The van der Waals surface area contributed by atoms with Crippen LogP contribution in [-0.4, -0.2) is 74.7 Å². The molecule has 168 valence electrons. The average molecular weight is 440 g/mol. The summed E-state index contributed by atoms with van der Waals surface area (Å²) in [5.74, 6) is -1.91. The van der Waals surface area contributed by atoms with Gasteiger partial charge in [-0.25, -0.2) is 9.97 Å². The van der Waals surface area contributed by atoms with Gasteiger partial charge in [-0.3, -0.25) is 19.8 Å². The fourth-order valence-corrected chi connectivity index (χ4v) is 3.43. The Labute approximate surface area is 184 Å². The van der Waals surface area contributed by atoms with E-state index in [1.807, 2.05) is 0 Å². The van der Waals surface area contributed by atoms with Gasteiger partial charge in [0.15, 0.2) is 0 Å². The molecule has 1 aromatic carbocycles. The first-order chi connectivity index (χ1) is 15.4. The first-order valence-electron chi connectivity index (χ1n) is 10.0. The number of amides is 2. The smallest absolute Gasteiger partial charge is 0.312 e. The lowest BCUT2D eigenvalue weighted by Crippen LogP contribution is -2.55. The lowest BCUT2D eigenvalue weighted by molar-refractivity contribution is -0.159. The van der Waals surface area contributed by atoms with E-state index in [2.05, 4.69) is 9.97 Å². The molecule has 3 rings (SSSR count). The number of rotatable bonds is 10. The lowest BCUT2D eigenvalue weighted by atomic mass is 10.0. The van der Waals surface area contributed by atoms with Crippen LogP contribution < -0.4 is 10.5 Å². The number of carbonyl (C=O) groups is 3.